The van der Waals surface area contributed by atoms with Crippen molar-refractivity contribution in [2.24, 2.45) is 0 Å². The smallest absolute Gasteiger partial charge is 0.240 e. The third-order valence-electron chi connectivity index (χ3n) is 4.71. The molecule has 0 aromatic carbocycles. The van der Waals surface area contributed by atoms with Gasteiger partial charge in [-0.05, 0) is 26.3 Å². The summed E-state index contributed by atoms with van der Waals surface area (Å²) in [5.41, 5.74) is 0. The summed E-state index contributed by atoms with van der Waals surface area (Å²) in [5, 5.41) is 4.14. The van der Waals surface area contributed by atoms with Gasteiger partial charge in [-0.3, -0.25) is 4.79 Å². The maximum absolute atomic E-state index is 12.3. The zero-order chi connectivity index (χ0) is 15.7. The van der Waals surface area contributed by atoms with Crippen LogP contribution < -0.4 is 10.2 Å². The maximum Gasteiger partial charge on any atom is 0.240 e. The van der Waals surface area contributed by atoms with Crippen molar-refractivity contribution < 1.29 is 4.79 Å². The fraction of sp³-hybridized carbons (Fsp3) is 0.800. The summed E-state index contributed by atoms with van der Waals surface area (Å²) in [6.07, 6.45) is 2.99. The molecule has 7 heteroatoms. The summed E-state index contributed by atoms with van der Waals surface area (Å²) in [5.74, 6) is 1.59. The third-order valence-corrected chi connectivity index (χ3v) is 5.50. The van der Waals surface area contributed by atoms with E-state index in [4.69, 9.17) is 0 Å². The number of piperidine rings is 1. The monoisotopic (exact) mass is 323 g/mol. The number of carbonyl (C=O) groups excluding carboxylic acids is 1. The average molecular weight is 323 g/mol. The Morgan fingerprint density at radius 1 is 1.23 bits per heavy atom. The van der Waals surface area contributed by atoms with Crippen LogP contribution in [-0.4, -0.2) is 58.9 Å². The van der Waals surface area contributed by atoms with Crippen molar-refractivity contribution in [2.45, 2.75) is 51.1 Å². The molecule has 0 aliphatic carbocycles. The quantitative estimate of drug-likeness (QED) is 0.909. The molecule has 2 aliphatic rings. The number of likely N-dealkylation sites (N-methyl/N-ethyl adjacent to an activating group) is 1. The van der Waals surface area contributed by atoms with Crippen LogP contribution in [0.1, 0.15) is 44.9 Å². The Bertz CT molecular complexity index is 524. The molecule has 6 nitrogen and oxygen atoms in total. The van der Waals surface area contributed by atoms with Crippen molar-refractivity contribution in [2.75, 3.05) is 31.6 Å². The lowest BCUT2D eigenvalue weighted by atomic mass is 10.0. The van der Waals surface area contributed by atoms with Crippen LogP contribution in [0.4, 0.5) is 5.13 Å². The van der Waals surface area contributed by atoms with Gasteiger partial charge in [0.15, 0.2) is 0 Å². The summed E-state index contributed by atoms with van der Waals surface area (Å²) in [7, 11) is 1.87. The molecule has 22 heavy (non-hydrogen) atoms. The van der Waals surface area contributed by atoms with Crippen LogP contribution in [0.5, 0.6) is 0 Å². The number of nitrogens with one attached hydrogen (secondary N) is 1. The van der Waals surface area contributed by atoms with Gasteiger partial charge in [0.25, 0.3) is 0 Å². The molecule has 1 amide bonds. The van der Waals surface area contributed by atoms with Gasteiger partial charge in [0.1, 0.15) is 5.82 Å². The van der Waals surface area contributed by atoms with Gasteiger partial charge in [0.2, 0.25) is 11.0 Å². The minimum atomic E-state index is 0.0230. The van der Waals surface area contributed by atoms with Crippen LogP contribution in [0.3, 0.4) is 0 Å². The first-order chi connectivity index (χ1) is 10.6. The zero-order valence-electron chi connectivity index (χ0n) is 13.6. The predicted molar refractivity (Wildman–Crippen MR) is 88.4 cm³/mol. The number of likely N-dealkylation sites (tertiary alicyclic amines) is 1. The Morgan fingerprint density at radius 2 is 1.95 bits per heavy atom. The highest BCUT2D eigenvalue weighted by Gasteiger charge is 2.36. The molecule has 0 radical (unpaired) electrons. The topological polar surface area (TPSA) is 61.4 Å². The van der Waals surface area contributed by atoms with E-state index in [0.29, 0.717) is 12.0 Å². The second-order valence-corrected chi connectivity index (χ2v) is 7.20. The lowest BCUT2D eigenvalue weighted by Gasteiger charge is -2.36. The molecule has 0 bridgehead atoms. The normalized spacial score (nSPS) is 23.8. The standard InChI is InChI=1S/C15H25N5OS/c1-10(2)13-17-15(22-18-13)19-7-4-11(5-8-19)20-9-6-12(16-3)14(20)21/h10-12,16H,4-9H2,1-3H3. The number of rotatable bonds is 4. The first-order valence-electron chi connectivity index (χ1n) is 8.16. The SMILES string of the molecule is CNC1CCN(C2CCN(c3nc(C(C)C)ns3)CC2)C1=O. The van der Waals surface area contributed by atoms with Gasteiger partial charge < -0.3 is 15.1 Å². The van der Waals surface area contributed by atoms with Gasteiger partial charge in [-0.15, -0.1) is 0 Å². The van der Waals surface area contributed by atoms with E-state index in [1.54, 1.807) is 0 Å². The highest BCUT2D eigenvalue weighted by Crippen LogP contribution is 2.27. The van der Waals surface area contributed by atoms with E-state index in [1.807, 2.05) is 7.05 Å². The Kier molecular flexibility index (Phi) is 4.63. The van der Waals surface area contributed by atoms with Gasteiger partial charge in [0.05, 0.1) is 6.04 Å². The largest absolute Gasteiger partial charge is 0.347 e. The molecule has 1 aromatic rings. The number of carbonyl (C=O) groups is 1. The Balaban J connectivity index is 1.57. The minimum Gasteiger partial charge on any atom is -0.347 e. The molecule has 2 aliphatic heterocycles. The Morgan fingerprint density at radius 3 is 2.50 bits per heavy atom. The van der Waals surface area contributed by atoms with Crippen LogP contribution in [0.15, 0.2) is 0 Å². The zero-order valence-corrected chi connectivity index (χ0v) is 14.4. The molecule has 3 heterocycles. The second kappa shape index (κ2) is 6.50. The molecule has 2 saturated heterocycles. The van der Waals surface area contributed by atoms with Crippen molar-refractivity contribution in [3.63, 3.8) is 0 Å². The number of aromatic nitrogens is 2. The van der Waals surface area contributed by atoms with Crippen LogP contribution >= 0.6 is 11.5 Å². The summed E-state index contributed by atoms with van der Waals surface area (Å²) in [6, 6.07) is 0.411. The van der Waals surface area contributed by atoms with E-state index in [2.05, 4.69) is 38.3 Å². The number of amides is 1. The summed E-state index contributed by atoms with van der Waals surface area (Å²) >= 11 is 1.50. The Hall–Kier alpha value is -1.21. The third kappa shape index (κ3) is 2.96. The first-order valence-corrected chi connectivity index (χ1v) is 8.93. The minimum absolute atomic E-state index is 0.0230. The van der Waals surface area contributed by atoms with Crippen LogP contribution in [0, 0.1) is 0 Å². The summed E-state index contributed by atoms with van der Waals surface area (Å²) < 4.78 is 4.44. The number of hydrogen-bond acceptors (Lipinski definition) is 6. The van der Waals surface area contributed by atoms with Crippen LogP contribution in [-0.2, 0) is 4.79 Å². The van der Waals surface area contributed by atoms with E-state index in [1.165, 1.54) is 11.5 Å². The lowest BCUT2D eigenvalue weighted by Crippen LogP contribution is -2.47. The molecule has 1 N–H and O–H groups in total. The van der Waals surface area contributed by atoms with E-state index in [9.17, 15) is 4.79 Å². The molecule has 3 rings (SSSR count). The molecule has 0 saturated carbocycles. The van der Waals surface area contributed by atoms with Gasteiger partial charge in [-0.25, -0.2) is 4.98 Å². The number of nitrogens with zero attached hydrogens (tertiary/aromatic N) is 4. The van der Waals surface area contributed by atoms with E-state index in [-0.39, 0.29) is 11.9 Å². The molecule has 122 valence electrons. The Labute approximate surface area is 136 Å². The molecule has 1 unspecified atom stereocenters. The molecule has 1 aromatic heterocycles. The predicted octanol–water partition coefficient (Wildman–Crippen LogP) is 1.45. The molecule has 1 atom stereocenters. The van der Waals surface area contributed by atoms with Crippen molar-refractivity contribution in [3.8, 4) is 0 Å². The van der Waals surface area contributed by atoms with Gasteiger partial charge in [0, 0.05) is 43.1 Å². The second-order valence-electron chi connectivity index (χ2n) is 6.47. The van der Waals surface area contributed by atoms with Gasteiger partial charge >= 0.3 is 0 Å². The number of hydrogen-bond donors (Lipinski definition) is 1. The lowest BCUT2D eigenvalue weighted by molar-refractivity contribution is -0.131. The fourth-order valence-corrected chi connectivity index (χ4v) is 4.15. The van der Waals surface area contributed by atoms with Crippen molar-refractivity contribution in [1.29, 1.82) is 0 Å². The van der Waals surface area contributed by atoms with E-state index in [0.717, 1.165) is 49.9 Å². The van der Waals surface area contributed by atoms with Crippen LogP contribution in [0.2, 0.25) is 0 Å². The van der Waals surface area contributed by atoms with Crippen molar-refractivity contribution >= 4 is 22.6 Å². The van der Waals surface area contributed by atoms with Gasteiger partial charge in [-0.2, -0.15) is 4.37 Å². The first kappa shape index (κ1) is 15.7. The van der Waals surface area contributed by atoms with Crippen LogP contribution in [0.25, 0.3) is 0 Å². The van der Waals surface area contributed by atoms with Gasteiger partial charge in [-0.1, -0.05) is 13.8 Å². The van der Waals surface area contributed by atoms with E-state index >= 15 is 0 Å². The molecular weight excluding hydrogens is 298 g/mol. The van der Waals surface area contributed by atoms with Crippen molar-refractivity contribution in [1.82, 2.24) is 19.6 Å². The molecule has 0 spiro atoms. The summed E-state index contributed by atoms with van der Waals surface area (Å²) in [6.45, 7) is 7.06. The van der Waals surface area contributed by atoms with E-state index < -0.39 is 0 Å². The number of anilines is 1. The maximum atomic E-state index is 12.3. The average Bonchev–Trinajstić information content (AvgIpc) is 3.14. The van der Waals surface area contributed by atoms with Crippen molar-refractivity contribution in [3.05, 3.63) is 5.82 Å². The fourth-order valence-electron chi connectivity index (χ4n) is 3.29. The summed E-state index contributed by atoms with van der Waals surface area (Å²) in [4.78, 5) is 21.3. The highest BCUT2D eigenvalue weighted by atomic mass is 32.1. The highest BCUT2D eigenvalue weighted by molar-refractivity contribution is 7.09. The molecular formula is C15H25N5OS. The molecule has 2 fully saturated rings.